The largest absolute Gasteiger partial charge is 0.393 e. The van der Waals surface area contributed by atoms with E-state index in [-0.39, 0.29) is 23.8 Å². The molecule has 0 heterocycles. The van der Waals surface area contributed by atoms with Crippen molar-refractivity contribution < 1.29 is 9.50 Å². The minimum absolute atomic E-state index is 0.143. The van der Waals surface area contributed by atoms with Gasteiger partial charge in [0.2, 0.25) is 0 Å². The van der Waals surface area contributed by atoms with E-state index < -0.39 is 0 Å². The molecule has 0 bridgehead atoms. The van der Waals surface area contributed by atoms with Crippen molar-refractivity contribution in [1.29, 1.82) is 0 Å². The van der Waals surface area contributed by atoms with E-state index in [0.717, 1.165) is 12.0 Å². The molecule has 1 aromatic carbocycles. The number of benzene rings is 1. The molecule has 2 rings (SSSR count). The number of aliphatic hydroxyl groups excluding tert-OH is 1. The van der Waals surface area contributed by atoms with E-state index in [1.165, 1.54) is 6.07 Å². The lowest BCUT2D eigenvalue weighted by atomic mass is 10.1. The van der Waals surface area contributed by atoms with Crippen LogP contribution < -0.4 is 0 Å². The molecule has 1 aliphatic carbocycles. The van der Waals surface area contributed by atoms with E-state index in [4.69, 9.17) is 0 Å². The summed E-state index contributed by atoms with van der Waals surface area (Å²) in [7, 11) is 0. The summed E-state index contributed by atoms with van der Waals surface area (Å²) in [5.74, 6) is 0.355. The van der Waals surface area contributed by atoms with E-state index in [9.17, 15) is 9.50 Å². The molecule has 1 aromatic rings. The van der Waals surface area contributed by atoms with Gasteiger partial charge in [0.25, 0.3) is 0 Å². The van der Waals surface area contributed by atoms with E-state index in [0.29, 0.717) is 0 Å². The summed E-state index contributed by atoms with van der Waals surface area (Å²) in [5, 5.41) is 9.29. The van der Waals surface area contributed by atoms with Crippen molar-refractivity contribution in [3.63, 3.8) is 0 Å². The summed E-state index contributed by atoms with van der Waals surface area (Å²) >= 11 is 0. The van der Waals surface area contributed by atoms with Gasteiger partial charge in [0, 0.05) is 0 Å². The Hall–Kier alpha value is -0.890. The van der Waals surface area contributed by atoms with E-state index >= 15 is 0 Å². The highest BCUT2D eigenvalue weighted by molar-refractivity contribution is 5.27. The molecule has 0 spiro atoms. The topological polar surface area (TPSA) is 20.2 Å². The van der Waals surface area contributed by atoms with Crippen molar-refractivity contribution in [3.8, 4) is 0 Å². The zero-order valence-electron chi connectivity index (χ0n) is 7.57. The van der Waals surface area contributed by atoms with Crippen molar-refractivity contribution in [2.45, 2.75) is 25.4 Å². The lowest BCUT2D eigenvalue weighted by Crippen LogP contribution is -2.04. The maximum Gasteiger partial charge on any atom is 0.126 e. The highest BCUT2D eigenvalue weighted by atomic mass is 19.1. The second-order valence-corrected chi connectivity index (χ2v) is 3.77. The van der Waals surface area contributed by atoms with Gasteiger partial charge in [-0.05, 0) is 36.8 Å². The minimum Gasteiger partial charge on any atom is -0.393 e. The summed E-state index contributed by atoms with van der Waals surface area (Å²) in [6.07, 6.45) is 0.600. The fourth-order valence-electron chi connectivity index (χ4n) is 1.88. The Morgan fingerprint density at radius 1 is 1.46 bits per heavy atom. The molecule has 3 atom stereocenters. The Balaban J connectivity index is 2.16. The molecule has 0 unspecified atom stereocenters. The zero-order chi connectivity index (χ0) is 9.42. The zero-order valence-corrected chi connectivity index (χ0v) is 7.57. The molecule has 1 aliphatic rings. The van der Waals surface area contributed by atoms with Crippen LogP contribution in [-0.4, -0.2) is 11.2 Å². The van der Waals surface area contributed by atoms with Crippen LogP contribution in [0.4, 0.5) is 4.39 Å². The van der Waals surface area contributed by atoms with Gasteiger partial charge in [-0.25, -0.2) is 4.39 Å². The smallest absolute Gasteiger partial charge is 0.126 e. The summed E-state index contributed by atoms with van der Waals surface area (Å²) in [6.45, 7) is 1.77. The predicted molar refractivity (Wildman–Crippen MR) is 48.9 cm³/mol. The summed E-state index contributed by atoms with van der Waals surface area (Å²) in [6, 6.07) is 6.82. The van der Waals surface area contributed by atoms with Gasteiger partial charge in [-0.1, -0.05) is 18.2 Å². The van der Waals surface area contributed by atoms with Gasteiger partial charge in [-0.3, -0.25) is 0 Å². The average molecular weight is 180 g/mol. The van der Waals surface area contributed by atoms with Crippen LogP contribution in [0.5, 0.6) is 0 Å². The fourth-order valence-corrected chi connectivity index (χ4v) is 1.88. The molecule has 0 radical (unpaired) electrons. The maximum absolute atomic E-state index is 13.2. The molecule has 1 fully saturated rings. The van der Waals surface area contributed by atoms with Crippen molar-refractivity contribution in [2.24, 2.45) is 5.92 Å². The number of rotatable bonds is 2. The maximum atomic E-state index is 13.2. The van der Waals surface area contributed by atoms with Gasteiger partial charge < -0.3 is 5.11 Å². The first-order chi connectivity index (χ1) is 6.20. The number of hydrogen-bond acceptors (Lipinski definition) is 1. The van der Waals surface area contributed by atoms with Crippen LogP contribution in [0.1, 0.15) is 24.8 Å². The van der Waals surface area contributed by atoms with Crippen LogP contribution in [0.3, 0.4) is 0 Å². The normalized spacial score (nSPS) is 28.5. The van der Waals surface area contributed by atoms with E-state index in [2.05, 4.69) is 0 Å². The monoisotopic (exact) mass is 180 g/mol. The fraction of sp³-hybridized carbons (Fsp3) is 0.455. The molecule has 0 saturated heterocycles. The first-order valence-electron chi connectivity index (χ1n) is 4.62. The summed E-state index contributed by atoms with van der Waals surface area (Å²) < 4.78 is 13.2. The Kier molecular flexibility index (Phi) is 2.08. The highest BCUT2D eigenvalue weighted by Gasteiger charge is 2.42. The van der Waals surface area contributed by atoms with E-state index in [1.807, 2.05) is 12.1 Å². The highest BCUT2D eigenvalue weighted by Crippen LogP contribution is 2.49. The second-order valence-electron chi connectivity index (χ2n) is 3.77. The third kappa shape index (κ3) is 1.59. The van der Waals surface area contributed by atoms with Crippen molar-refractivity contribution >= 4 is 0 Å². The molecule has 0 amide bonds. The van der Waals surface area contributed by atoms with Gasteiger partial charge in [-0.2, -0.15) is 0 Å². The first-order valence-corrected chi connectivity index (χ1v) is 4.62. The van der Waals surface area contributed by atoms with Gasteiger partial charge in [0.05, 0.1) is 6.10 Å². The van der Waals surface area contributed by atoms with Crippen molar-refractivity contribution in [3.05, 3.63) is 35.6 Å². The van der Waals surface area contributed by atoms with Gasteiger partial charge in [0.1, 0.15) is 5.82 Å². The molecule has 0 aliphatic heterocycles. The molecule has 2 heteroatoms. The first kappa shape index (κ1) is 8.70. The van der Waals surface area contributed by atoms with E-state index in [1.54, 1.807) is 13.0 Å². The second kappa shape index (κ2) is 3.11. The Morgan fingerprint density at radius 3 is 2.69 bits per heavy atom. The molecule has 13 heavy (non-hydrogen) atoms. The summed E-state index contributed by atoms with van der Waals surface area (Å²) in [4.78, 5) is 0. The Bertz CT molecular complexity index is 309. The molecule has 1 N–H and O–H groups in total. The molecule has 70 valence electrons. The summed E-state index contributed by atoms with van der Waals surface area (Å²) in [5.41, 5.74) is 0.758. The minimum atomic E-state index is -0.315. The number of halogens is 1. The number of aliphatic hydroxyl groups is 1. The molecule has 1 saturated carbocycles. The van der Waals surface area contributed by atoms with Gasteiger partial charge in [0.15, 0.2) is 0 Å². The Labute approximate surface area is 77.2 Å². The van der Waals surface area contributed by atoms with Crippen LogP contribution in [0.15, 0.2) is 24.3 Å². The quantitative estimate of drug-likeness (QED) is 0.740. The molecular formula is C11H13FO. The third-order valence-corrected chi connectivity index (χ3v) is 2.76. The molecule has 0 aromatic heterocycles. The van der Waals surface area contributed by atoms with Crippen molar-refractivity contribution in [2.75, 3.05) is 0 Å². The van der Waals surface area contributed by atoms with Crippen LogP contribution in [0.2, 0.25) is 0 Å². The predicted octanol–water partition coefficient (Wildman–Crippen LogP) is 2.31. The van der Waals surface area contributed by atoms with Crippen molar-refractivity contribution in [1.82, 2.24) is 0 Å². The lowest BCUT2D eigenvalue weighted by molar-refractivity contribution is 0.168. The van der Waals surface area contributed by atoms with Crippen LogP contribution in [0, 0.1) is 11.7 Å². The third-order valence-electron chi connectivity index (χ3n) is 2.76. The lowest BCUT2D eigenvalue weighted by Gasteiger charge is -2.03. The van der Waals surface area contributed by atoms with Gasteiger partial charge >= 0.3 is 0 Å². The molecular weight excluding hydrogens is 167 g/mol. The van der Waals surface area contributed by atoms with Crippen LogP contribution >= 0.6 is 0 Å². The van der Waals surface area contributed by atoms with Crippen LogP contribution in [0.25, 0.3) is 0 Å². The SMILES string of the molecule is C[C@H](O)[C@H]1C[C@H]1c1ccccc1F. The average Bonchev–Trinajstić information content (AvgIpc) is 2.84. The Morgan fingerprint density at radius 2 is 2.15 bits per heavy atom. The number of hydrogen-bond donors (Lipinski definition) is 1. The van der Waals surface area contributed by atoms with Crippen LogP contribution in [-0.2, 0) is 0 Å². The van der Waals surface area contributed by atoms with Gasteiger partial charge in [-0.15, -0.1) is 0 Å². The molecule has 1 nitrogen and oxygen atoms in total. The standard InChI is InChI=1S/C11H13FO/c1-7(13)9-6-10(9)8-4-2-3-5-11(8)12/h2-5,7,9-10,13H,6H2,1H3/t7-,9+,10-/m0/s1.